The number of hydrogen-bond donors (Lipinski definition) is 1. The fraction of sp³-hybridized carbons (Fsp3) is 0.154. The number of amides is 1. The summed E-state index contributed by atoms with van der Waals surface area (Å²) in [4.78, 5) is 25.0. The molecule has 1 aliphatic heterocycles. The van der Waals surface area contributed by atoms with Gasteiger partial charge in [0, 0.05) is 0 Å². The molecule has 1 fully saturated rings. The second-order valence-corrected chi connectivity index (χ2v) is 6.67. The van der Waals surface area contributed by atoms with E-state index in [1.165, 1.54) is 25.3 Å². The number of carbonyl (C=O) groups excluding carboxylic acids is 2. The van der Waals surface area contributed by atoms with E-state index in [4.69, 9.17) is 35.4 Å². The van der Waals surface area contributed by atoms with Crippen molar-refractivity contribution in [2.24, 2.45) is 0 Å². The number of phenolic OH excluding ortho intramolecular Hbond substituents is 1. The van der Waals surface area contributed by atoms with Crippen LogP contribution in [0.1, 0.15) is 5.56 Å². The van der Waals surface area contributed by atoms with Crippen molar-refractivity contribution in [2.45, 2.75) is 0 Å². The fourth-order valence-corrected chi connectivity index (χ4v) is 3.41. The summed E-state index contributed by atoms with van der Waals surface area (Å²) in [6.45, 7) is -0.240. The number of methoxy groups -OCH3 is 1. The van der Waals surface area contributed by atoms with Crippen molar-refractivity contribution >= 4 is 69.5 Å². The van der Waals surface area contributed by atoms with Crippen LogP contribution in [-0.4, -0.2) is 39.9 Å². The molecule has 9 heteroatoms. The van der Waals surface area contributed by atoms with E-state index in [1.807, 2.05) is 0 Å². The van der Waals surface area contributed by atoms with E-state index < -0.39 is 11.9 Å². The van der Waals surface area contributed by atoms with Gasteiger partial charge >= 0.3 is 5.97 Å². The van der Waals surface area contributed by atoms with Gasteiger partial charge in [-0.3, -0.25) is 14.5 Å². The van der Waals surface area contributed by atoms with Crippen molar-refractivity contribution in [2.75, 3.05) is 13.7 Å². The highest BCUT2D eigenvalue weighted by molar-refractivity contribution is 8.26. The van der Waals surface area contributed by atoms with Crippen molar-refractivity contribution in [3.8, 4) is 5.75 Å². The highest BCUT2D eigenvalue weighted by Gasteiger charge is 2.33. The maximum Gasteiger partial charge on any atom is 0.325 e. The number of phenols is 1. The van der Waals surface area contributed by atoms with Gasteiger partial charge in [-0.05, 0) is 23.8 Å². The van der Waals surface area contributed by atoms with Gasteiger partial charge in [0.2, 0.25) is 0 Å². The highest BCUT2D eigenvalue weighted by Crippen LogP contribution is 2.36. The second kappa shape index (κ2) is 6.87. The molecule has 0 spiro atoms. The summed E-state index contributed by atoms with van der Waals surface area (Å²) in [5.41, 5.74) is 0.534. The molecule has 5 nitrogen and oxygen atoms in total. The van der Waals surface area contributed by atoms with Gasteiger partial charge in [-0.25, -0.2) is 0 Å². The zero-order valence-corrected chi connectivity index (χ0v) is 14.3. The average molecular weight is 378 g/mol. The van der Waals surface area contributed by atoms with Gasteiger partial charge in [0.1, 0.15) is 10.9 Å². The summed E-state index contributed by atoms with van der Waals surface area (Å²) in [7, 11) is 1.23. The summed E-state index contributed by atoms with van der Waals surface area (Å²) in [6.07, 6.45) is 1.54. The zero-order valence-electron chi connectivity index (χ0n) is 11.1. The molecular formula is C13H9Cl2NO4S2. The van der Waals surface area contributed by atoms with Crippen molar-refractivity contribution in [1.29, 1.82) is 0 Å². The number of rotatable bonds is 3. The third-order valence-electron chi connectivity index (χ3n) is 2.73. The molecular weight excluding hydrogens is 369 g/mol. The Bertz CT molecular complexity index is 682. The Kier molecular flexibility index (Phi) is 5.33. The topological polar surface area (TPSA) is 66.8 Å². The minimum absolute atomic E-state index is 0.0730. The SMILES string of the molecule is COC(=O)CN1C(=O)/C(=C/c2cc(Cl)c(O)c(Cl)c2)SC1=S. The lowest BCUT2D eigenvalue weighted by Crippen LogP contribution is -2.33. The molecule has 1 amide bonds. The lowest BCUT2D eigenvalue weighted by atomic mass is 10.2. The largest absolute Gasteiger partial charge is 0.505 e. The number of hydrogen-bond acceptors (Lipinski definition) is 6. The van der Waals surface area contributed by atoms with Crippen LogP contribution in [-0.2, 0) is 14.3 Å². The third kappa shape index (κ3) is 3.55. The Morgan fingerprint density at radius 1 is 1.45 bits per heavy atom. The minimum atomic E-state index is -0.562. The number of nitrogens with zero attached hydrogens (tertiary/aromatic N) is 1. The molecule has 0 atom stereocenters. The average Bonchev–Trinajstić information content (AvgIpc) is 2.72. The molecule has 116 valence electrons. The summed E-state index contributed by atoms with van der Waals surface area (Å²) in [5, 5.41) is 9.66. The third-order valence-corrected chi connectivity index (χ3v) is 4.68. The number of esters is 1. The first-order valence-electron chi connectivity index (χ1n) is 5.83. The highest BCUT2D eigenvalue weighted by atomic mass is 35.5. The predicted molar refractivity (Wildman–Crippen MR) is 90.0 cm³/mol. The molecule has 1 aliphatic rings. The van der Waals surface area contributed by atoms with Gasteiger partial charge < -0.3 is 9.84 Å². The van der Waals surface area contributed by atoms with Gasteiger partial charge in [-0.2, -0.15) is 0 Å². The van der Waals surface area contributed by atoms with Crippen molar-refractivity contribution < 1.29 is 19.4 Å². The van der Waals surface area contributed by atoms with E-state index in [1.54, 1.807) is 0 Å². The number of thioether (sulfide) groups is 1. The van der Waals surface area contributed by atoms with Crippen LogP contribution in [0.4, 0.5) is 0 Å². The molecule has 2 rings (SSSR count). The molecule has 1 aromatic rings. The molecule has 0 bridgehead atoms. The van der Waals surface area contributed by atoms with E-state index in [0.29, 0.717) is 10.5 Å². The van der Waals surface area contributed by atoms with E-state index in [0.717, 1.165) is 16.7 Å². The maximum atomic E-state index is 12.2. The number of aromatic hydroxyl groups is 1. The van der Waals surface area contributed by atoms with E-state index in [9.17, 15) is 14.7 Å². The summed E-state index contributed by atoms with van der Waals surface area (Å²) >= 11 is 17.8. The molecule has 1 heterocycles. The van der Waals surface area contributed by atoms with Crippen LogP contribution in [0.5, 0.6) is 5.75 Å². The lowest BCUT2D eigenvalue weighted by molar-refractivity contribution is -0.143. The second-order valence-electron chi connectivity index (χ2n) is 4.18. The van der Waals surface area contributed by atoms with Gasteiger partial charge in [0.15, 0.2) is 5.75 Å². The van der Waals surface area contributed by atoms with Crippen molar-refractivity contribution in [1.82, 2.24) is 4.90 Å². The van der Waals surface area contributed by atoms with Gasteiger partial charge in [-0.15, -0.1) is 0 Å². The Morgan fingerprint density at radius 2 is 2.05 bits per heavy atom. The van der Waals surface area contributed by atoms with Gasteiger partial charge in [-0.1, -0.05) is 47.2 Å². The monoisotopic (exact) mass is 377 g/mol. The minimum Gasteiger partial charge on any atom is -0.505 e. The number of benzene rings is 1. The molecule has 22 heavy (non-hydrogen) atoms. The molecule has 0 aliphatic carbocycles. The predicted octanol–water partition coefficient (Wildman–Crippen LogP) is 3.07. The van der Waals surface area contributed by atoms with Crippen LogP contribution in [0.25, 0.3) is 6.08 Å². The van der Waals surface area contributed by atoms with Crippen LogP contribution >= 0.6 is 47.2 Å². The first kappa shape index (κ1) is 17.1. The number of thiocarbonyl (C=S) groups is 1. The lowest BCUT2D eigenvalue weighted by Gasteiger charge is -2.11. The van der Waals surface area contributed by atoms with E-state index in [-0.39, 0.29) is 26.7 Å². The number of carbonyl (C=O) groups is 2. The standard InChI is InChI=1S/C13H9Cl2NO4S2/c1-20-10(17)5-16-12(19)9(22-13(16)21)4-6-2-7(14)11(18)8(15)3-6/h2-4,18H,5H2,1H3/b9-4-. The first-order chi connectivity index (χ1) is 10.3. The Balaban J connectivity index is 2.28. The summed E-state index contributed by atoms with van der Waals surface area (Å²) in [5.74, 6) is -1.19. The molecule has 1 N–H and O–H groups in total. The molecule has 0 saturated carbocycles. The Hall–Kier alpha value is -1.28. The molecule has 0 aromatic heterocycles. The number of ether oxygens (including phenoxy) is 1. The smallest absolute Gasteiger partial charge is 0.325 e. The molecule has 1 saturated heterocycles. The Morgan fingerprint density at radius 3 is 2.59 bits per heavy atom. The summed E-state index contributed by atoms with van der Waals surface area (Å²) in [6, 6.07) is 2.94. The quantitative estimate of drug-likeness (QED) is 0.496. The van der Waals surface area contributed by atoms with Crippen LogP contribution in [0.3, 0.4) is 0 Å². The molecule has 0 radical (unpaired) electrons. The first-order valence-corrected chi connectivity index (χ1v) is 7.81. The van der Waals surface area contributed by atoms with Crippen molar-refractivity contribution in [3.63, 3.8) is 0 Å². The van der Waals surface area contributed by atoms with Crippen molar-refractivity contribution in [3.05, 3.63) is 32.6 Å². The van der Waals surface area contributed by atoms with Crippen LogP contribution in [0.2, 0.25) is 10.0 Å². The summed E-state index contributed by atoms with van der Waals surface area (Å²) < 4.78 is 4.78. The Labute approximate surface area is 145 Å². The maximum absolute atomic E-state index is 12.2. The van der Waals surface area contributed by atoms with E-state index in [2.05, 4.69) is 4.74 Å². The number of halogens is 2. The molecule has 0 unspecified atom stereocenters. The van der Waals surface area contributed by atoms with Crippen LogP contribution < -0.4 is 0 Å². The van der Waals surface area contributed by atoms with Crippen LogP contribution in [0, 0.1) is 0 Å². The van der Waals surface area contributed by atoms with Gasteiger partial charge in [0.25, 0.3) is 5.91 Å². The fourth-order valence-electron chi connectivity index (χ4n) is 1.65. The van der Waals surface area contributed by atoms with E-state index >= 15 is 0 Å². The zero-order chi connectivity index (χ0) is 16.4. The normalized spacial score (nSPS) is 16.5. The molecule has 1 aromatic carbocycles. The van der Waals surface area contributed by atoms with Crippen LogP contribution in [0.15, 0.2) is 17.0 Å². The van der Waals surface area contributed by atoms with Gasteiger partial charge in [0.05, 0.1) is 22.1 Å².